The molecule has 1 N–H and O–H groups in total. The summed E-state index contributed by atoms with van der Waals surface area (Å²) in [5.74, 6) is 0.119. The van der Waals surface area contributed by atoms with Crippen LogP contribution < -0.4 is 4.90 Å². The normalized spacial score (nSPS) is 13.6. The number of hydrogen-bond donors (Lipinski definition) is 1. The molecule has 4 rings (SSSR count). The largest absolute Gasteiger partial charge is 0.477 e. The van der Waals surface area contributed by atoms with Crippen LogP contribution in [0.25, 0.3) is 11.1 Å². The van der Waals surface area contributed by atoms with Gasteiger partial charge in [0.15, 0.2) is 0 Å². The zero-order valence-corrected chi connectivity index (χ0v) is 14.4. The van der Waals surface area contributed by atoms with Gasteiger partial charge in [-0.05, 0) is 23.8 Å². The number of anilines is 2. The average molecular weight is 353 g/mol. The second-order valence-electron chi connectivity index (χ2n) is 5.47. The fourth-order valence-electron chi connectivity index (χ4n) is 2.89. The molecule has 0 saturated heterocycles. The number of carboxylic acids is 1. The maximum Gasteiger partial charge on any atom is 0.345 e. The van der Waals surface area contributed by atoms with E-state index in [0.29, 0.717) is 4.88 Å². The SMILES string of the molecule is O=C(O)c1cc(-c2ccccc2)c(N2CCSc3ccccc32)s1. The highest BCUT2D eigenvalue weighted by Crippen LogP contribution is 2.46. The van der Waals surface area contributed by atoms with Gasteiger partial charge in [0.25, 0.3) is 0 Å². The second-order valence-corrected chi connectivity index (χ2v) is 7.64. The van der Waals surface area contributed by atoms with Crippen LogP contribution >= 0.6 is 23.1 Å². The third-order valence-corrected chi connectivity index (χ3v) is 6.17. The van der Waals surface area contributed by atoms with E-state index in [-0.39, 0.29) is 0 Å². The van der Waals surface area contributed by atoms with Crippen molar-refractivity contribution in [3.8, 4) is 11.1 Å². The lowest BCUT2D eigenvalue weighted by Gasteiger charge is -2.30. The summed E-state index contributed by atoms with van der Waals surface area (Å²) in [6.07, 6.45) is 0. The number of benzene rings is 2. The van der Waals surface area contributed by atoms with Gasteiger partial charge in [-0.25, -0.2) is 4.79 Å². The molecule has 0 amide bonds. The Kier molecular flexibility index (Phi) is 4.04. The van der Waals surface area contributed by atoms with E-state index < -0.39 is 5.97 Å². The van der Waals surface area contributed by atoms with Crippen molar-refractivity contribution in [1.82, 2.24) is 0 Å². The van der Waals surface area contributed by atoms with Crippen LogP contribution in [0.15, 0.2) is 65.6 Å². The summed E-state index contributed by atoms with van der Waals surface area (Å²) in [6, 6.07) is 20.1. The van der Waals surface area contributed by atoms with Crippen molar-refractivity contribution in [3.05, 3.63) is 65.5 Å². The van der Waals surface area contributed by atoms with Crippen LogP contribution in [0.5, 0.6) is 0 Å². The molecule has 1 aromatic heterocycles. The molecular weight excluding hydrogens is 338 g/mol. The minimum absolute atomic E-state index is 0.375. The predicted octanol–water partition coefficient (Wildman–Crippen LogP) is 5.36. The van der Waals surface area contributed by atoms with Crippen LogP contribution in [0, 0.1) is 0 Å². The van der Waals surface area contributed by atoms with E-state index in [1.54, 1.807) is 6.07 Å². The van der Waals surface area contributed by atoms with Gasteiger partial charge < -0.3 is 10.0 Å². The molecule has 3 aromatic rings. The Balaban J connectivity index is 1.88. The van der Waals surface area contributed by atoms with E-state index >= 15 is 0 Å². The van der Waals surface area contributed by atoms with Crippen molar-refractivity contribution < 1.29 is 9.90 Å². The van der Waals surface area contributed by atoms with Crippen LogP contribution in [-0.2, 0) is 0 Å². The van der Waals surface area contributed by atoms with Crippen molar-refractivity contribution in [2.24, 2.45) is 0 Å². The monoisotopic (exact) mass is 353 g/mol. The molecule has 0 radical (unpaired) electrons. The van der Waals surface area contributed by atoms with Gasteiger partial charge in [-0.15, -0.1) is 23.1 Å². The van der Waals surface area contributed by atoms with Crippen molar-refractivity contribution >= 4 is 39.8 Å². The maximum atomic E-state index is 11.5. The molecule has 2 heterocycles. The molecule has 0 saturated carbocycles. The zero-order valence-electron chi connectivity index (χ0n) is 12.8. The Morgan fingerprint density at radius 3 is 2.58 bits per heavy atom. The first-order valence-electron chi connectivity index (χ1n) is 7.66. The van der Waals surface area contributed by atoms with Crippen molar-refractivity contribution in [1.29, 1.82) is 0 Å². The third kappa shape index (κ3) is 2.70. The molecule has 3 nitrogen and oxygen atoms in total. The van der Waals surface area contributed by atoms with E-state index in [0.717, 1.165) is 34.1 Å². The van der Waals surface area contributed by atoms with E-state index in [1.165, 1.54) is 16.2 Å². The van der Waals surface area contributed by atoms with E-state index in [2.05, 4.69) is 17.0 Å². The fourth-order valence-corrected chi connectivity index (χ4v) is 4.95. The first-order chi connectivity index (χ1) is 11.7. The molecule has 1 aliphatic heterocycles. The summed E-state index contributed by atoms with van der Waals surface area (Å²) in [5.41, 5.74) is 3.19. The number of thiophene rings is 1. The Hall–Kier alpha value is -2.24. The summed E-state index contributed by atoms with van der Waals surface area (Å²) < 4.78 is 0. The van der Waals surface area contributed by atoms with Crippen molar-refractivity contribution in [3.63, 3.8) is 0 Å². The lowest BCUT2D eigenvalue weighted by atomic mass is 10.1. The van der Waals surface area contributed by atoms with Crippen molar-refractivity contribution in [2.75, 3.05) is 17.2 Å². The Bertz CT molecular complexity index is 889. The summed E-state index contributed by atoms with van der Waals surface area (Å²) in [5, 5.41) is 10.5. The van der Waals surface area contributed by atoms with E-state index in [1.807, 2.05) is 54.2 Å². The molecule has 120 valence electrons. The first kappa shape index (κ1) is 15.3. The number of fused-ring (bicyclic) bond motifs is 1. The highest BCUT2D eigenvalue weighted by atomic mass is 32.2. The molecule has 1 aliphatic rings. The predicted molar refractivity (Wildman–Crippen MR) is 101 cm³/mol. The maximum absolute atomic E-state index is 11.5. The minimum atomic E-state index is -0.872. The van der Waals surface area contributed by atoms with E-state index in [9.17, 15) is 9.90 Å². The van der Waals surface area contributed by atoms with Crippen LogP contribution in [-0.4, -0.2) is 23.4 Å². The number of para-hydroxylation sites is 1. The van der Waals surface area contributed by atoms with Gasteiger partial charge in [0, 0.05) is 22.8 Å². The van der Waals surface area contributed by atoms with Gasteiger partial charge in [-0.2, -0.15) is 0 Å². The van der Waals surface area contributed by atoms with Gasteiger partial charge in [0.05, 0.1) is 5.69 Å². The quantitative estimate of drug-likeness (QED) is 0.688. The standard InChI is InChI=1S/C19H15NO2S2/c21-19(22)17-12-14(13-6-2-1-3-7-13)18(24-17)20-10-11-23-16-9-5-4-8-15(16)20/h1-9,12H,10-11H2,(H,21,22). The fraction of sp³-hybridized carbons (Fsp3) is 0.105. The molecule has 24 heavy (non-hydrogen) atoms. The highest BCUT2D eigenvalue weighted by Gasteiger charge is 2.24. The molecule has 0 unspecified atom stereocenters. The number of hydrogen-bond acceptors (Lipinski definition) is 4. The molecule has 0 bridgehead atoms. The van der Waals surface area contributed by atoms with Crippen LogP contribution in [0.1, 0.15) is 9.67 Å². The van der Waals surface area contributed by atoms with Gasteiger partial charge >= 0.3 is 5.97 Å². The lowest BCUT2D eigenvalue weighted by Crippen LogP contribution is -2.23. The van der Waals surface area contributed by atoms with Gasteiger partial charge in [0.2, 0.25) is 0 Å². The molecule has 0 aliphatic carbocycles. The first-order valence-corrected chi connectivity index (χ1v) is 9.46. The van der Waals surface area contributed by atoms with Gasteiger partial charge in [-0.3, -0.25) is 0 Å². The Labute approximate surface area is 148 Å². The summed E-state index contributed by atoms with van der Waals surface area (Å²) in [7, 11) is 0. The number of nitrogens with zero attached hydrogens (tertiary/aromatic N) is 1. The summed E-state index contributed by atoms with van der Waals surface area (Å²) in [6.45, 7) is 0.876. The molecule has 0 spiro atoms. The zero-order chi connectivity index (χ0) is 16.5. The third-order valence-electron chi connectivity index (χ3n) is 3.98. The number of carboxylic acid groups (broad SMARTS) is 1. The lowest BCUT2D eigenvalue weighted by molar-refractivity contribution is 0.0702. The smallest absolute Gasteiger partial charge is 0.345 e. The Morgan fingerprint density at radius 2 is 1.79 bits per heavy atom. The van der Waals surface area contributed by atoms with E-state index in [4.69, 9.17) is 0 Å². The molecule has 5 heteroatoms. The van der Waals surface area contributed by atoms with Crippen molar-refractivity contribution in [2.45, 2.75) is 4.90 Å². The summed E-state index contributed by atoms with van der Waals surface area (Å²) in [4.78, 5) is 15.4. The average Bonchev–Trinajstić information content (AvgIpc) is 3.07. The molecular formula is C19H15NO2S2. The minimum Gasteiger partial charge on any atom is -0.477 e. The second kappa shape index (κ2) is 6.34. The van der Waals surface area contributed by atoms with Crippen LogP contribution in [0.4, 0.5) is 10.7 Å². The summed E-state index contributed by atoms with van der Waals surface area (Å²) >= 11 is 3.20. The number of thioether (sulfide) groups is 1. The van der Waals surface area contributed by atoms with Gasteiger partial charge in [-0.1, -0.05) is 42.5 Å². The van der Waals surface area contributed by atoms with Crippen LogP contribution in [0.2, 0.25) is 0 Å². The molecule has 0 fully saturated rings. The topological polar surface area (TPSA) is 40.5 Å². The number of carbonyl (C=O) groups is 1. The Morgan fingerprint density at radius 1 is 1.04 bits per heavy atom. The van der Waals surface area contributed by atoms with Crippen LogP contribution in [0.3, 0.4) is 0 Å². The number of aromatic carboxylic acids is 1. The molecule has 0 atom stereocenters. The highest BCUT2D eigenvalue weighted by molar-refractivity contribution is 7.99. The molecule has 2 aromatic carbocycles. The number of rotatable bonds is 3. The van der Waals surface area contributed by atoms with Gasteiger partial charge in [0.1, 0.15) is 9.88 Å².